The van der Waals surface area contributed by atoms with Crippen LogP contribution in [-0.2, 0) is 9.59 Å². The highest BCUT2D eigenvalue weighted by Crippen LogP contribution is 2.35. The van der Waals surface area contributed by atoms with Gasteiger partial charge >= 0.3 is 5.97 Å². The first kappa shape index (κ1) is 21.1. The van der Waals surface area contributed by atoms with Crippen LogP contribution >= 0.6 is 0 Å². The van der Waals surface area contributed by atoms with Gasteiger partial charge in [-0.3, -0.25) is 9.59 Å². The normalized spacial score (nSPS) is 28.2. The molecule has 0 heterocycles. The summed E-state index contributed by atoms with van der Waals surface area (Å²) in [4.78, 5) is 22.7. The zero-order valence-electron chi connectivity index (χ0n) is 15.7. The Morgan fingerprint density at radius 3 is 2.54 bits per heavy atom. The molecule has 0 bridgehead atoms. The van der Waals surface area contributed by atoms with E-state index in [1.54, 1.807) is 6.08 Å². The minimum absolute atomic E-state index is 0.114. The summed E-state index contributed by atoms with van der Waals surface area (Å²) in [5.74, 6) is -0.408. The van der Waals surface area contributed by atoms with Crippen LogP contribution in [-0.4, -0.2) is 39.3 Å². The van der Waals surface area contributed by atoms with Gasteiger partial charge in [0.05, 0.1) is 12.2 Å². The maximum atomic E-state index is 12.2. The number of ketones is 1. The lowest BCUT2D eigenvalue weighted by Gasteiger charge is -2.18. The van der Waals surface area contributed by atoms with E-state index in [0.29, 0.717) is 12.3 Å². The molecular formula is C21H34O5. The van der Waals surface area contributed by atoms with E-state index in [4.69, 9.17) is 5.11 Å². The van der Waals surface area contributed by atoms with Crippen molar-refractivity contribution in [3.63, 3.8) is 0 Å². The number of unbranched alkanes of at least 4 members (excludes halogenated alkanes) is 3. The second-order valence-electron chi connectivity index (χ2n) is 8.11. The van der Waals surface area contributed by atoms with E-state index in [9.17, 15) is 19.8 Å². The highest BCUT2D eigenvalue weighted by molar-refractivity contribution is 5.84. The number of rotatable bonds is 11. The summed E-state index contributed by atoms with van der Waals surface area (Å²) in [6.45, 7) is 0. The van der Waals surface area contributed by atoms with Gasteiger partial charge in [0.25, 0.3) is 0 Å². The molecule has 1 unspecified atom stereocenters. The van der Waals surface area contributed by atoms with Gasteiger partial charge in [0.15, 0.2) is 0 Å². The third kappa shape index (κ3) is 6.84. The summed E-state index contributed by atoms with van der Waals surface area (Å²) in [6, 6.07) is 0. The van der Waals surface area contributed by atoms with Gasteiger partial charge in [-0.1, -0.05) is 57.1 Å². The Kier molecular flexibility index (Phi) is 8.79. The second-order valence-corrected chi connectivity index (χ2v) is 8.11. The van der Waals surface area contributed by atoms with Crippen molar-refractivity contribution in [3.8, 4) is 0 Å². The van der Waals surface area contributed by atoms with Crippen molar-refractivity contribution in [2.75, 3.05) is 0 Å². The topological polar surface area (TPSA) is 94.8 Å². The molecule has 0 saturated heterocycles. The molecule has 0 aromatic rings. The lowest BCUT2D eigenvalue weighted by atomic mass is 9.88. The van der Waals surface area contributed by atoms with Crippen molar-refractivity contribution in [2.45, 2.75) is 89.3 Å². The fourth-order valence-electron chi connectivity index (χ4n) is 4.51. The van der Waals surface area contributed by atoms with Crippen molar-refractivity contribution in [2.24, 2.45) is 17.8 Å². The Balaban J connectivity index is 1.75. The van der Waals surface area contributed by atoms with Crippen LogP contribution in [0.2, 0.25) is 0 Å². The predicted octanol–water partition coefficient (Wildman–Crippen LogP) is 3.48. The number of aliphatic hydroxyl groups excluding tert-OH is 2. The summed E-state index contributed by atoms with van der Waals surface area (Å²) in [5.41, 5.74) is 0. The Hall–Kier alpha value is -1.20. The molecule has 2 aliphatic rings. The van der Waals surface area contributed by atoms with Crippen molar-refractivity contribution in [3.05, 3.63) is 12.2 Å². The van der Waals surface area contributed by atoms with E-state index in [0.717, 1.165) is 32.1 Å². The van der Waals surface area contributed by atoms with E-state index in [1.165, 1.54) is 25.7 Å². The third-order valence-electron chi connectivity index (χ3n) is 5.99. The van der Waals surface area contributed by atoms with Gasteiger partial charge in [-0.25, -0.2) is 0 Å². The molecule has 0 aromatic heterocycles. The Morgan fingerprint density at radius 1 is 1.15 bits per heavy atom. The third-order valence-corrected chi connectivity index (χ3v) is 5.99. The quantitative estimate of drug-likeness (QED) is 0.384. The van der Waals surface area contributed by atoms with E-state index < -0.39 is 18.2 Å². The first-order chi connectivity index (χ1) is 12.5. The molecule has 0 spiro atoms. The Bertz CT molecular complexity index is 481. The van der Waals surface area contributed by atoms with Crippen molar-refractivity contribution in [1.82, 2.24) is 0 Å². The Labute approximate surface area is 156 Å². The predicted molar refractivity (Wildman–Crippen MR) is 99.7 cm³/mol. The summed E-state index contributed by atoms with van der Waals surface area (Å²) < 4.78 is 0. The number of aliphatic hydroxyl groups is 2. The maximum absolute atomic E-state index is 12.2. The van der Waals surface area contributed by atoms with Gasteiger partial charge in [0.1, 0.15) is 5.78 Å². The van der Waals surface area contributed by atoms with Gasteiger partial charge in [-0.05, 0) is 25.2 Å². The standard InChI is InChI=1S/C21H34O5/c22-16(13-15-7-5-6-8-15)11-12-18-17(19(23)14-20(18)24)9-3-1-2-4-10-21(25)26/h11-12,15-18,20,22,24H,1-10,13-14H2,(H,25,26)/t16?,17-,18-,20-/m1/s1. The first-order valence-corrected chi connectivity index (χ1v) is 10.3. The van der Waals surface area contributed by atoms with Crippen molar-refractivity contribution in [1.29, 1.82) is 0 Å². The molecule has 2 fully saturated rings. The minimum Gasteiger partial charge on any atom is -0.481 e. The van der Waals surface area contributed by atoms with Crippen LogP contribution in [0, 0.1) is 17.8 Å². The molecule has 0 aromatic carbocycles. The van der Waals surface area contributed by atoms with Crippen LogP contribution < -0.4 is 0 Å². The largest absolute Gasteiger partial charge is 0.481 e. The number of Topliss-reactive ketones (excluding diaryl/α,β-unsaturated/α-hetero) is 1. The minimum atomic E-state index is -0.763. The number of hydrogen-bond acceptors (Lipinski definition) is 4. The van der Waals surface area contributed by atoms with Crippen LogP contribution in [0.1, 0.15) is 77.0 Å². The lowest BCUT2D eigenvalue weighted by Crippen LogP contribution is -2.19. The van der Waals surface area contributed by atoms with Crippen molar-refractivity contribution >= 4 is 11.8 Å². The summed E-state index contributed by atoms with van der Waals surface area (Å²) in [5, 5.41) is 29.1. The van der Waals surface area contributed by atoms with Crippen molar-refractivity contribution < 1.29 is 24.9 Å². The van der Waals surface area contributed by atoms with Crippen LogP contribution in [0.3, 0.4) is 0 Å². The average Bonchev–Trinajstić information content (AvgIpc) is 3.17. The summed E-state index contributed by atoms with van der Waals surface area (Å²) in [7, 11) is 0. The smallest absolute Gasteiger partial charge is 0.303 e. The van der Waals surface area contributed by atoms with Crippen LogP contribution in [0.5, 0.6) is 0 Å². The molecule has 0 amide bonds. The molecule has 26 heavy (non-hydrogen) atoms. The highest BCUT2D eigenvalue weighted by Gasteiger charge is 2.39. The van der Waals surface area contributed by atoms with Crippen LogP contribution in [0.15, 0.2) is 12.2 Å². The molecule has 0 aliphatic heterocycles. The first-order valence-electron chi connectivity index (χ1n) is 10.3. The molecule has 3 N–H and O–H groups in total. The number of carbonyl (C=O) groups excluding carboxylic acids is 1. The van der Waals surface area contributed by atoms with Gasteiger partial charge in [-0.15, -0.1) is 0 Å². The number of carboxylic acid groups (broad SMARTS) is 1. The average molecular weight is 366 g/mol. The lowest BCUT2D eigenvalue weighted by molar-refractivity contribution is -0.137. The zero-order valence-corrected chi connectivity index (χ0v) is 15.7. The fourth-order valence-corrected chi connectivity index (χ4v) is 4.51. The van der Waals surface area contributed by atoms with Gasteiger partial charge in [-0.2, -0.15) is 0 Å². The molecule has 5 nitrogen and oxygen atoms in total. The fraction of sp³-hybridized carbons (Fsp3) is 0.810. The molecule has 0 radical (unpaired) electrons. The number of carboxylic acids is 1. The molecule has 148 valence electrons. The number of aliphatic carboxylic acids is 1. The molecular weight excluding hydrogens is 332 g/mol. The zero-order chi connectivity index (χ0) is 18.9. The van der Waals surface area contributed by atoms with E-state index in [-0.39, 0.29) is 30.5 Å². The highest BCUT2D eigenvalue weighted by atomic mass is 16.4. The van der Waals surface area contributed by atoms with Gasteiger partial charge < -0.3 is 15.3 Å². The van der Waals surface area contributed by atoms with E-state index in [1.807, 2.05) is 6.08 Å². The molecule has 4 atom stereocenters. The SMILES string of the molecule is O=C(O)CCCCCC[C@H]1C(=O)C[C@@H](O)[C@@H]1C=CC(O)CC1CCCC1. The maximum Gasteiger partial charge on any atom is 0.303 e. The van der Waals surface area contributed by atoms with E-state index >= 15 is 0 Å². The Morgan fingerprint density at radius 2 is 1.85 bits per heavy atom. The second kappa shape index (κ2) is 10.8. The number of carbonyl (C=O) groups is 2. The molecule has 2 aliphatic carbocycles. The van der Waals surface area contributed by atoms with Crippen LogP contribution in [0.4, 0.5) is 0 Å². The van der Waals surface area contributed by atoms with E-state index in [2.05, 4.69) is 0 Å². The summed E-state index contributed by atoms with van der Waals surface area (Å²) >= 11 is 0. The van der Waals surface area contributed by atoms with Gasteiger partial charge in [0.2, 0.25) is 0 Å². The molecule has 5 heteroatoms. The number of hydrogen-bond donors (Lipinski definition) is 3. The summed E-state index contributed by atoms with van der Waals surface area (Å²) in [6.07, 6.45) is 12.6. The molecule has 2 saturated carbocycles. The molecule has 2 rings (SSSR count). The van der Waals surface area contributed by atoms with Crippen LogP contribution in [0.25, 0.3) is 0 Å². The monoisotopic (exact) mass is 366 g/mol. The van der Waals surface area contributed by atoms with Gasteiger partial charge in [0, 0.05) is 24.7 Å².